The van der Waals surface area contributed by atoms with Crippen molar-refractivity contribution in [3.05, 3.63) is 60.4 Å². The van der Waals surface area contributed by atoms with Gasteiger partial charge in [0.15, 0.2) is 16.7 Å². The van der Waals surface area contributed by atoms with Gasteiger partial charge in [0, 0.05) is 5.69 Å². The zero-order chi connectivity index (χ0) is 18.6. The molecule has 2 heterocycles. The molecule has 0 saturated heterocycles. The first kappa shape index (κ1) is 17.4. The standard InChI is InChI=1S/C19H18N4O3S/c1-13(14-7-8-16-17(9-14)26-12-25-16)21-18(24)10-27-19-22-20-11-23(19)15-5-3-2-4-6-15/h2-9,11,13H,10,12H2,1H3,(H,21,24). The summed E-state index contributed by atoms with van der Waals surface area (Å²) in [7, 11) is 0. The molecule has 27 heavy (non-hydrogen) atoms. The SMILES string of the molecule is CC(NC(=O)CSc1nncn1-c1ccccc1)c1ccc2c(c1)OCO2. The number of carbonyl (C=O) groups excluding carboxylic acids is 1. The Morgan fingerprint density at radius 2 is 2.04 bits per heavy atom. The predicted octanol–water partition coefficient (Wildman–Crippen LogP) is 2.97. The third kappa shape index (κ3) is 3.90. The van der Waals surface area contributed by atoms with Gasteiger partial charge in [0.05, 0.1) is 11.8 Å². The highest BCUT2D eigenvalue weighted by molar-refractivity contribution is 7.99. The van der Waals surface area contributed by atoms with E-state index in [0.29, 0.717) is 10.9 Å². The van der Waals surface area contributed by atoms with Gasteiger partial charge in [-0.05, 0) is 36.8 Å². The average molecular weight is 382 g/mol. The van der Waals surface area contributed by atoms with Gasteiger partial charge in [-0.3, -0.25) is 9.36 Å². The second-order valence-corrected chi connectivity index (χ2v) is 6.95. The Kier molecular flexibility index (Phi) is 4.97. The number of para-hydroxylation sites is 1. The van der Waals surface area contributed by atoms with Crippen LogP contribution in [0.3, 0.4) is 0 Å². The molecule has 0 saturated carbocycles. The Balaban J connectivity index is 1.36. The third-order valence-corrected chi connectivity index (χ3v) is 5.10. The Bertz CT molecular complexity index is 945. The van der Waals surface area contributed by atoms with Crippen molar-refractivity contribution in [3.8, 4) is 17.2 Å². The van der Waals surface area contributed by atoms with E-state index in [1.165, 1.54) is 11.8 Å². The number of amides is 1. The molecule has 1 aromatic heterocycles. The van der Waals surface area contributed by atoms with Crippen LogP contribution < -0.4 is 14.8 Å². The lowest BCUT2D eigenvalue weighted by Crippen LogP contribution is -2.28. The molecule has 8 heteroatoms. The van der Waals surface area contributed by atoms with E-state index in [1.54, 1.807) is 6.33 Å². The maximum absolute atomic E-state index is 12.4. The van der Waals surface area contributed by atoms with Crippen LogP contribution in [-0.2, 0) is 4.79 Å². The number of thioether (sulfide) groups is 1. The molecule has 0 spiro atoms. The van der Waals surface area contributed by atoms with Crippen LogP contribution in [0, 0.1) is 0 Å². The van der Waals surface area contributed by atoms with Crippen LogP contribution in [0.25, 0.3) is 5.69 Å². The fourth-order valence-corrected chi connectivity index (χ4v) is 3.51. The predicted molar refractivity (Wildman–Crippen MR) is 101 cm³/mol. The van der Waals surface area contributed by atoms with Crippen LogP contribution >= 0.6 is 11.8 Å². The molecule has 2 aromatic carbocycles. The van der Waals surface area contributed by atoms with Gasteiger partial charge in [0.25, 0.3) is 0 Å². The minimum Gasteiger partial charge on any atom is -0.454 e. The highest BCUT2D eigenvalue weighted by Crippen LogP contribution is 2.34. The number of fused-ring (bicyclic) bond motifs is 1. The molecule has 1 unspecified atom stereocenters. The number of hydrogen-bond acceptors (Lipinski definition) is 6. The maximum atomic E-state index is 12.4. The van der Waals surface area contributed by atoms with E-state index in [2.05, 4.69) is 15.5 Å². The van der Waals surface area contributed by atoms with Crippen molar-refractivity contribution in [1.29, 1.82) is 0 Å². The van der Waals surface area contributed by atoms with Gasteiger partial charge >= 0.3 is 0 Å². The number of ether oxygens (including phenoxy) is 2. The summed E-state index contributed by atoms with van der Waals surface area (Å²) in [5, 5.41) is 11.7. The quantitative estimate of drug-likeness (QED) is 0.661. The van der Waals surface area contributed by atoms with Crippen LogP contribution in [0.2, 0.25) is 0 Å². The summed E-state index contributed by atoms with van der Waals surface area (Å²) in [6.45, 7) is 2.17. The van der Waals surface area contributed by atoms with Crippen molar-refractivity contribution >= 4 is 17.7 Å². The van der Waals surface area contributed by atoms with Crippen molar-refractivity contribution in [2.24, 2.45) is 0 Å². The normalized spacial score (nSPS) is 13.4. The lowest BCUT2D eigenvalue weighted by atomic mass is 10.1. The topological polar surface area (TPSA) is 78.3 Å². The molecule has 1 amide bonds. The number of aromatic nitrogens is 3. The summed E-state index contributed by atoms with van der Waals surface area (Å²) >= 11 is 1.35. The molecule has 0 radical (unpaired) electrons. The third-order valence-electron chi connectivity index (χ3n) is 4.16. The van der Waals surface area contributed by atoms with Crippen LogP contribution in [0.1, 0.15) is 18.5 Å². The molecule has 7 nitrogen and oxygen atoms in total. The maximum Gasteiger partial charge on any atom is 0.231 e. The van der Waals surface area contributed by atoms with E-state index < -0.39 is 0 Å². The fraction of sp³-hybridized carbons (Fsp3) is 0.211. The summed E-state index contributed by atoms with van der Waals surface area (Å²) in [4.78, 5) is 12.4. The summed E-state index contributed by atoms with van der Waals surface area (Å²) in [6, 6.07) is 15.3. The van der Waals surface area contributed by atoms with E-state index >= 15 is 0 Å². The zero-order valence-electron chi connectivity index (χ0n) is 14.7. The van der Waals surface area contributed by atoms with Gasteiger partial charge in [0.2, 0.25) is 12.7 Å². The summed E-state index contributed by atoms with van der Waals surface area (Å²) in [5.41, 5.74) is 1.92. The molecule has 1 aliphatic heterocycles. The van der Waals surface area contributed by atoms with E-state index in [-0.39, 0.29) is 24.5 Å². The first-order valence-corrected chi connectivity index (χ1v) is 9.46. The molecule has 1 N–H and O–H groups in total. The fourth-order valence-electron chi connectivity index (χ4n) is 2.77. The Hall–Kier alpha value is -3.00. The van der Waals surface area contributed by atoms with Crippen molar-refractivity contribution in [3.63, 3.8) is 0 Å². The minimum absolute atomic E-state index is 0.0761. The largest absolute Gasteiger partial charge is 0.454 e. The summed E-state index contributed by atoms with van der Waals surface area (Å²) in [5.74, 6) is 1.61. The molecular weight excluding hydrogens is 364 g/mol. The van der Waals surface area contributed by atoms with Crippen LogP contribution in [0.15, 0.2) is 60.0 Å². The molecule has 138 valence electrons. The number of rotatable bonds is 6. The average Bonchev–Trinajstić information content (AvgIpc) is 3.35. The van der Waals surface area contributed by atoms with E-state index in [1.807, 2.05) is 60.0 Å². The second kappa shape index (κ2) is 7.71. The van der Waals surface area contributed by atoms with Gasteiger partial charge in [-0.1, -0.05) is 36.0 Å². The van der Waals surface area contributed by atoms with Crippen molar-refractivity contribution in [1.82, 2.24) is 20.1 Å². The van der Waals surface area contributed by atoms with E-state index in [4.69, 9.17) is 9.47 Å². The van der Waals surface area contributed by atoms with Gasteiger partial charge < -0.3 is 14.8 Å². The monoisotopic (exact) mass is 382 g/mol. The second-order valence-electron chi connectivity index (χ2n) is 6.01. The first-order valence-electron chi connectivity index (χ1n) is 8.48. The van der Waals surface area contributed by atoms with E-state index in [0.717, 1.165) is 17.0 Å². The molecule has 0 bridgehead atoms. The lowest BCUT2D eigenvalue weighted by molar-refractivity contribution is -0.119. The number of hydrogen-bond donors (Lipinski definition) is 1. The van der Waals surface area contributed by atoms with Gasteiger partial charge in [-0.25, -0.2) is 0 Å². The number of nitrogens with zero attached hydrogens (tertiary/aromatic N) is 3. The number of benzene rings is 2. The van der Waals surface area contributed by atoms with Crippen LogP contribution in [0.5, 0.6) is 11.5 Å². The number of carbonyl (C=O) groups is 1. The van der Waals surface area contributed by atoms with Crippen molar-refractivity contribution in [2.75, 3.05) is 12.5 Å². The van der Waals surface area contributed by atoms with Gasteiger partial charge in [-0.2, -0.15) is 0 Å². The summed E-state index contributed by atoms with van der Waals surface area (Å²) in [6.07, 6.45) is 1.64. The highest BCUT2D eigenvalue weighted by atomic mass is 32.2. The van der Waals surface area contributed by atoms with Crippen LogP contribution in [-0.4, -0.2) is 33.2 Å². The molecule has 0 fully saturated rings. The molecule has 1 atom stereocenters. The minimum atomic E-state index is -0.139. The molecule has 0 aliphatic carbocycles. The highest BCUT2D eigenvalue weighted by Gasteiger charge is 2.17. The molecular formula is C19H18N4O3S. The Morgan fingerprint density at radius 1 is 1.22 bits per heavy atom. The smallest absolute Gasteiger partial charge is 0.231 e. The lowest BCUT2D eigenvalue weighted by Gasteiger charge is -2.14. The Morgan fingerprint density at radius 3 is 2.89 bits per heavy atom. The number of nitrogens with one attached hydrogen (secondary N) is 1. The molecule has 3 aromatic rings. The zero-order valence-corrected chi connectivity index (χ0v) is 15.5. The molecule has 4 rings (SSSR count). The molecule has 1 aliphatic rings. The Labute approximate surface area is 160 Å². The first-order chi connectivity index (χ1) is 13.2. The van der Waals surface area contributed by atoms with Crippen LogP contribution in [0.4, 0.5) is 0 Å². The van der Waals surface area contributed by atoms with Crippen molar-refractivity contribution < 1.29 is 14.3 Å². The van der Waals surface area contributed by atoms with E-state index in [9.17, 15) is 4.79 Å². The van der Waals surface area contributed by atoms with Gasteiger partial charge in [0.1, 0.15) is 6.33 Å². The van der Waals surface area contributed by atoms with Gasteiger partial charge in [-0.15, -0.1) is 10.2 Å². The summed E-state index contributed by atoms with van der Waals surface area (Å²) < 4.78 is 12.6. The van der Waals surface area contributed by atoms with Crippen molar-refractivity contribution in [2.45, 2.75) is 18.1 Å².